The second kappa shape index (κ2) is 40.6. The Kier molecular flexibility index (Phi) is 37.2. The zero-order chi connectivity index (χ0) is 68.3. The zero-order valence-electron chi connectivity index (χ0n) is 58.0. The summed E-state index contributed by atoms with van der Waals surface area (Å²) in [5.74, 6) is -4.70. The van der Waals surface area contributed by atoms with Crippen molar-refractivity contribution in [2.75, 3.05) is 66.1 Å². The Morgan fingerprint density at radius 1 is 0.289 bits per heavy atom. The summed E-state index contributed by atoms with van der Waals surface area (Å²) >= 11 is 0. The maximum atomic E-state index is 11.9. The highest BCUT2D eigenvalue weighted by Crippen LogP contribution is 2.37. The zero-order valence-corrected chi connectivity index (χ0v) is 58.0. The van der Waals surface area contributed by atoms with Crippen LogP contribution in [0.5, 0.6) is 0 Å². The lowest BCUT2D eigenvalue weighted by Gasteiger charge is -2.35. The molecule has 0 aromatic heterocycles. The largest absolute Gasteiger partial charge is 0.463 e. The molecule has 0 spiro atoms. The quantitative estimate of drug-likeness (QED) is 0.0343. The third-order valence-electron chi connectivity index (χ3n) is 18.0. The van der Waals surface area contributed by atoms with Gasteiger partial charge in [-0.25, -0.2) is 28.8 Å². The van der Waals surface area contributed by atoms with E-state index in [-0.39, 0.29) is 74.7 Å². The van der Waals surface area contributed by atoms with Gasteiger partial charge in [-0.3, -0.25) is 19.2 Å². The average molecular weight is 1290 g/mol. The van der Waals surface area contributed by atoms with Crippen LogP contribution in [0.4, 0.5) is 0 Å². The van der Waals surface area contributed by atoms with Crippen molar-refractivity contribution < 1.29 is 105 Å². The fourth-order valence-electron chi connectivity index (χ4n) is 9.72. The molecule has 0 unspecified atom stereocenters. The van der Waals surface area contributed by atoms with Gasteiger partial charge in [-0.05, 0) is 210 Å². The van der Waals surface area contributed by atoms with Crippen LogP contribution in [0.1, 0.15) is 265 Å². The topological polar surface area (TPSA) is 281 Å². The molecule has 0 radical (unpaired) electrons. The van der Waals surface area contributed by atoms with Gasteiger partial charge in [0.2, 0.25) is 0 Å². The van der Waals surface area contributed by atoms with Crippen LogP contribution in [0.2, 0.25) is 0 Å². The Hall–Kier alpha value is -5.38. The third kappa shape index (κ3) is 32.3. The van der Waals surface area contributed by atoms with Gasteiger partial charge in [0.25, 0.3) is 0 Å². The highest BCUT2D eigenvalue weighted by Gasteiger charge is 2.38. The van der Waals surface area contributed by atoms with Gasteiger partial charge in [0, 0.05) is 0 Å². The van der Waals surface area contributed by atoms with Crippen LogP contribution in [-0.2, 0) is 105 Å². The predicted octanol–water partition coefficient (Wildman–Crippen LogP) is 12.0. The van der Waals surface area contributed by atoms with Gasteiger partial charge >= 0.3 is 59.7 Å². The Morgan fingerprint density at radius 3 is 0.822 bits per heavy atom. The maximum absolute atomic E-state index is 11.9. The first-order valence-corrected chi connectivity index (χ1v) is 33.1. The van der Waals surface area contributed by atoms with Crippen molar-refractivity contribution in [1.29, 1.82) is 0 Å². The van der Waals surface area contributed by atoms with Crippen LogP contribution >= 0.6 is 0 Å². The van der Waals surface area contributed by atoms with Crippen LogP contribution in [0.15, 0.2) is 0 Å². The molecule has 0 aromatic carbocycles. The summed E-state index contributed by atoms with van der Waals surface area (Å²) in [6.45, 7) is 28.5. The fraction of sp³-hybridized carbons (Fsp3) is 0.853. The Labute approximate surface area is 537 Å². The second-order valence-corrected chi connectivity index (χ2v) is 27.2. The lowest BCUT2D eigenvalue weighted by atomic mass is 9.83. The van der Waals surface area contributed by atoms with E-state index < -0.39 is 95.1 Å². The van der Waals surface area contributed by atoms with E-state index in [2.05, 4.69) is 6.92 Å². The minimum absolute atomic E-state index is 0.0868. The molecule has 22 nitrogen and oxygen atoms in total. The number of hydrogen-bond acceptors (Lipinski definition) is 22. The minimum Gasteiger partial charge on any atom is -0.463 e. The molecule has 0 atom stereocenters. The fourth-order valence-corrected chi connectivity index (χ4v) is 9.72. The summed E-state index contributed by atoms with van der Waals surface area (Å²) in [6, 6.07) is 0. The van der Waals surface area contributed by atoms with Crippen LogP contribution < -0.4 is 0 Å². The first-order valence-electron chi connectivity index (χ1n) is 33.1. The molecule has 0 aliphatic heterocycles. The van der Waals surface area contributed by atoms with Crippen molar-refractivity contribution in [2.45, 2.75) is 287 Å². The van der Waals surface area contributed by atoms with Gasteiger partial charge < -0.3 is 56.8 Å². The van der Waals surface area contributed by atoms with Crippen molar-refractivity contribution >= 4 is 59.7 Å². The van der Waals surface area contributed by atoms with Crippen LogP contribution in [0.25, 0.3) is 0 Å². The average Bonchev–Trinajstić information content (AvgIpc) is 1.77. The summed E-state index contributed by atoms with van der Waals surface area (Å²) in [4.78, 5) is 117. The molecule has 0 N–H and O–H groups in total. The van der Waals surface area contributed by atoms with Gasteiger partial charge in [-0.15, -0.1) is 0 Å². The van der Waals surface area contributed by atoms with E-state index in [0.29, 0.717) is 12.8 Å². The predicted molar refractivity (Wildman–Crippen MR) is 334 cm³/mol. The number of hydrogen-bond donors (Lipinski definition) is 0. The molecule has 90 heavy (non-hydrogen) atoms. The van der Waals surface area contributed by atoms with Crippen LogP contribution in [0, 0.1) is 21.7 Å². The molecule has 22 heteroatoms. The molecular weight excluding hydrogens is 1170 g/mol. The Balaban J connectivity index is 0.000000601. The number of ether oxygens (including phenoxy) is 12. The smallest absolute Gasteiger partial charge is 0.344 e. The van der Waals surface area contributed by atoms with Crippen molar-refractivity contribution in [3.8, 4) is 0 Å². The first-order chi connectivity index (χ1) is 42.1. The standard InChI is InChI=1S/C18H30O6.C18H32O5.C16H26O6.C16H28O5/c1-5-17(3,4)16(21)23-12-14(19)22-13-15(20)24-18(6-2)10-8-7-9-11-18;1-5-17(3,4)16(20)22-13-12-21-14-15(19)23-18(6-2)10-8-7-9-11-18;1-5-15(2,3)14(19)21-10-12(17)20-11-13(18)22-16(4)8-6-7-9-16;1-5-15(2,3)14(18)20-11-10-19-12-13(17)21-16(4)8-6-7-9-16/h5-13H2,1-4H3;5-14H2,1-4H3;5-11H2,1-4H3;5-12H2,1-4H3. The molecular formula is C68H116O22. The van der Waals surface area contributed by atoms with Crippen molar-refractivity contribution in [3.05, 3.63) is 0 Å². The van der Waals surface area contributed by atoms with Crippen molar-refractivity contribution in [2.24, 2.45) is 21.7 Å². The van der Waals surface area contributed by atoms with Gasteiger partial charge in [0.05, 0.1) is 34.9 Å². The molecule has 0 saturated heterocycles. The number of carbonyl (C=O) groups excluding carboxylic acids is 10. The Bertz CT molecular complexity index is 2220. The lowest BCUT2D eigenvalue weighted by Crippen LogP contribution is -2.38. The molecule has 0 aromatic rings. The molecule has 4 aliphatic rings. The van der Waals surface area contributed by atoms with Gasteiger partial charge in [0.1, 0.15) is 48.8 Å². The van der Waals surface area contributed by atoms with E-state index in [1.54, 1.807) is 27.7 Å². The molecule has 4 fully saturated rings. The van der Waals surface area contributed by atoms with E-state index >= 15 is 0 Å². The third-order valence-corrected chi connectivity index (χ3v) is 18.0. The minimum atomic E-state index is -0.756. The lowest BCUT2D eigenvalue weighted by molar-refractivity contribution is -0.176. The number of rotatable bonds is 32. The van der Waals surface area contributed by atoms with Gasteiger partial charge in [-0.1, -0.05) is 54.4 Å². The monoisotopic (exact) mass is 1280 g/mol. The summed E-state index contributed by atoms with van der Waals surface area (Å²) in [5.41, 5.74) is -3.72. The molecule has 0 heterocycles. The van der Waals surface area contributed by atoms with E-state index in [1.165, 1.54) is 6.42 Å². The maximum Gasteiger partial charge on any atom is 0.344 e. The van der Waals surface area contributed by atoms with Gasteiger partial charge in [-0.2, -0.15) is 0 Å². The molecule has 4 aliphatic carbocycles. The SMILES string of the molecule is CCC(C)(C)C(=O)OCC(=O)OCC(=O)OC1(C)CCCC1.CCC(C)(C)C(=O)OCCOCC(=O)OC1(C)CCCC1.CCC1(OC(=O)COC(=O)COC(=O)C(C)(C)CC)CCCCC1.CCC1(OC(=O)COCCOC(=O)C(C)(C)CC)CCCCC1. The van der Waals surface area contributed by atoms with E-state index in [1.807, 2.05) is 76.2 Å². The highest BCUT2D eigenvalue weighted by molar-refractivity contribution is 5.82. The second-order valence-electron chi connectivity index (χ2n) is 27.2. The summed E-state index contributed by atoms with van der Waals surface area (Å²) in [7, 11) is 0. The van der Waals surface area contributed by atoms with Crippen LogP contribution in [-0.4, -0.2) is 148 Å². The molecule has 4 rings (SSSR count). The Morgan fingerprint density at radius 2 is 0.533 bits per heavy atom. The first kappa shape index (κ1) is 82.6. The number of carbonyl (C=O) groups is 10. The molecule has 0 amide bonds. The number of esters is 10. The normalized spacial score (nSPS) is 17.2. The summed E-state index contributed by atoms with van der Waals surface area (Å²) < 4.78 is 62.1. The highest BCUT2D eigenvalue weighted by atomic mass is 16.6. The van der Waals surface area contributed by atoms with E-state index in [9.17, 15) is 47.9 Å². The van der Waals surface area contributed by atoms with Crippen molar-refractivity contribution in [1.82, 2.24) is 0 Å². The van der Waals surface area contributed by atoms with E-state index in [0.717, 1.165) is 135 Å². The molecule has 4 saturated carbocycles. The van der Waals surface area contributed by atoms with E-state index in [4.69, 9.17) is 56.8 Å². The van der Waals surface area contributed by atoms with Gasteiger partial charge in [0.15, 0.2) is 26.4 Å². The molecule has 0 bridgehead atoms. The van der Waals surface area contributed by atoms with Crippen LogP contribution in [0.3, 0.4) is 0 Å². The van der Waals surface area contributed by atoms with Crippen molar-refractivity contribution in [3.63, 3.8) is 0 Å². The summed E-state index contributed by atoms with van der Waals surface area (Å²) in [5, 5.41) is 0. The molecule has 520 valence electrons. The summed E-state index contributed by atoms with van der Waals surface area (Å²) in [6.07, 6.45) is 22.3.